The Kier molecular flexibility index (Phi) is 14.3. The summed E-state index contributed by atoms with van der Waals surface area (Å²) in [5, 5.41) is 35.6. The van der Waals surface area contributed by atoms with E-state index in [9.17, 15) is 43.8 Å². The molecule has 2 aliphatic rings. The smallest absolute Gasteiger partial charge is 0.410 e. The second kappa shape index (κ2) is 19.3. The molecule has 1 fully saturated rings. The van der Waals surface area contributed by atoms with Gasteiger partial charge < -0.3 is 55.6 Å². The third-order valence-electron chi connectivity index (χ3n) is 9.52. The van der Waals surface area contributed by atoms with Crippen LogP contribution in [0.15, 0.2) is 59.5 Å². The summed E-state index contributed by atoms with van der Waals surface area (Å²) in [4.78, 5) is 97.5. The SMILES string of the molecule is CC(C)[C@H](NC(=O)CCN1C(=O)C=CC1=O)C(=O)N[C@@H](C)C(=O)Nc1ccc(COC(=O)N(C)CC(=O)N[C@@H]2[C@@H](O)[C@@H](O)[C@@H](Nc3ncnc4occc34)O[C@H]2C)cc1. The van der Waals surface area contributed by atoms with Crippen LogP contribution in [-0.4, -0.2) is 134 Å². The number of furan rings is 1. The first-order valence-corrected chi connectivity index (χ1v) is 18.7. The molecule has 2 aliphatic heterocycles. The fraction of sp³-hybridized carbons (Fsp3) is 0.447. The van der Waals surface area contributed by atoms with Gasteiger partial charge in [0.15, 0.2) is 6.23 Å². The van der Waals surface area contributed by atoms with Crippen molar-refractivity contribution in [3.8, 4) is 0 Å². The van der Waals surface area contributed by atoms with Gasteiger partial charge in [-0.15, -0.1) is 0 Å². The van der Waals surface area contributed by atoms with Gasteiger partial charge in [-0.25, -0.2) is 14.8 Å². The lowest BCUT2D eigenvalue weighted by Crippen LogP contribution is -2.64. The van der Waals surface area contributed by atoms with Crippen LogP contribution >= 0.6 is 0 Å². The average Bonchev–Trinajstić information content (AvgIpc) is 3.81. The van der Waals surface area contributed by atoms with E-state index in [4.69, 9.17) is 13.9 Å². The van der Waals surface area contributed by atoms with Gasteiger partial charge >= 0.3 is 6.09 Å². The van der Waals surface area contributed by atoms with Gasteiger partial charge in [-0.1, -0.05) is 26.0 Å². The van der Waals surface area contributed by atoms with Gasteiger partial charge in [-0.2, -0.15) is 0 Å². The number of nitrogens with zero attached hydrogens (tertiary/aromatic N) is 4. The highest BCUT2D eigenvalue weighted by atomic mass is 16.6. The molecule has 0 bridgehead atoms. The van der Waals surface area contributed by atoms with Crippen LogP contribution in [0.5, 0.6) is 0 Å². The Balaban J connectivity index is 1.02. The van der Waals surface area contributed by atoms with Gasteiger partial charge in [0, 0.05) is 37.9 Å². The van der Waals surface area contributed by atoms with Gasteiger partial charge in [-0.05, 0) is 43.5 Å². The molecule has 5 rings (SSSR count). The van der Waals surface area contributed by atoms with Gasteiger partial charge in [-0.3, -0.25) is 33.7 Å². The summed E-state index contributed by atoms with van der Waals surface area (Å²) in [5.74, 6) is -3.40. The molecule has 0 aliphatic carbocycles. The molecule has 7 amide bonds. The maximum Gasteiger partial charge on any atom is 0.410 e. The zero-order valence-electron chi connectivity index (χ0n) is 32.9. The van der Waals surface area contributed by atoms with Crippen LogP contribution in [0.3, 0.4) is 0 Å². The first-order chi connectivity index (χ1) is 28.0. The summed E-state index contributed by atoms with van der Waals surface area (Å²) >= 11 is 0. The lowest BCUT2D eigenvalue weighted by molar-refractivity contribution is -0.172. The van der Waals surface area contributed by atoms with Crippen molar-refractivity contribution in [1.29, 1.82) is 0 Å². The van der Waals surface area contributed by atoms with E-state index in [0.29, 0.717) is 28.2 Å². The monoisotopic (exact) mass is 821 g/mol. The second-order valence-corrected chi connectivity index (χ2v) is 14.4. The minimum atomic E-state index is -1.47. The number of likely N-dealkylation sites (N-methyl/N-ethyl adjacent to an activating group) is 1. The molecule has 0 saturated carbocycles. The molecule has 2 aromatic heterocycles. The third-order valence-corrected chi connectivity index (χ3v) is 9.52. The van der Waals surface area contributed by atoms with Crippen LogP contribution in [-0.2, 0) is 44.8 Å². The maximum atomic E-state index is 13.0. The number of hydrogen-bond acceptors (Lipinski definition) is 15. The zero-order chi connectivity index (χ0) is 43.0. The summed E-state index contributed by atoms with van der Waals surface area (Å²) < 4.78 is 16.4. The summed E-state index contributed by atoms with van der Waals surface area (Å²) in [7, 11) is 1.35. The molecule has 21 heteroatoms. The van der Waals surface area contributed by atoms with Crippen molar-refractivity contribution in [1.82, 2.24) is 35.7 Å². The van der Waals surface area contributed by atoms with E-state index in [1.807, 2.05) is 0 Å². The van der Waals surface area contributed by atoms with E-state index in [2.05, 4.69) is 36.6 Å². The van der Waals surface area contributed by atoms with Crippen molar-refractivity contribution in [2.75, 3.05) is 30.8 Å². The number of carbonyl (C=O) groups is 7. The number of amides is 7. The van der Waals surface area contributed by atoms with Gasteiger partial charge in [0.2, 0.25) is 29.3 Å². The Bertz CT molecular complexity index is 2060. The number of imide groups is 1. The second-order valence-electron chi connectivity index (χ2n) is 14.4. The number of hydrogen-bond donors (Lipinski definition) is 7. The van der Waals surface area contributed by atoms with Gasteiger partial charge in [0.25, 0.3) is 11.8 Å². The number of anilines is 2. The molecular formula is C38H47N9O12. The van der Waals surface area contributed by atoms with Gasteiger partial charge in [0.1, 0.15) is 49.6 Å². The number of aromatic nitrogens is 2. The number of benzene rings is 1. The molecule has 1 saturated heterocycles. The Morgan fingerprint density at radius 3 is 2.31 bits per heavy atom. The molecule has 59 heavy (non-hydrogen) atoms. The minimum Gasteiger partial charge on any atom is -0.446 e. The molecule has 7 atom stereocenters. The fourth-order valence-corrected chi connectivity index (χ4v) is 6.14. The van der Waals surface area contributed by atoms with E-state index in [1.165, 1.54) is 26.6 Å². The van der Waals surface area contributed by atoms with E-state index in [1.54, 1.807) is 51.1 Å². The van der Waals surface area contributed by atoms with Crippen molar-refractivity contribution >= 4 is 64.1 Å². The lowest BCUT2D eigenvalue weighted by atomic mass is 9.96. The summed E-state index contributed by atoms with van der Waals surface area (Å²) in [5.41, 5.74) is 1.26. The summed E-state index contributed by atoms with van der Waals surface area (Å²) in [6.45, 7) is 5.76. The van der Waals surface area contributed by atoms with Crippen LogP contribution in [0.1, 0.15) is 39.7 Å². The van der Waals surface area contributed by atoms with Crippen molar-refractivity contribution < 1.29 is 57.7 Å². The summed E-state index contributed by atoms with van der Waals surface area (Å²) in [6.07, 6.45) is -0.842. The molecule has 0 unspecified atom stereocenters. The Morgan fingerprint density at radius 1 is 0.932 bits per heavy atom. The molecule has 0 spiro atoms. The van der Waals surface area contributed by atoms with Crippen LogP contribution in [0.25, 0.3) is 11.1 Å². The normalized spacial score (nSPS) is 21.2. The van der Waals surface area contributed by atoms with Crippen molar-refractivity contribution in [3.63, 3.8) is 0 Å². The predicted octanol–water partition coefficient (Wildman–Crippen LogP) is -0.246. The minimum absolute atomic E-state index is 0.140. The highest BCUT2D eigenvalue weighted by Gasteiger charge is 2.44. The zero-order valence-corrected chi connectivity index (χ0v) is 32.9. The number of carbonyl (C=O) groups excluding carboxylic acids is 7. The quantitative estimate of drug-likeness (QED) is 0.0918. The van der Waals surface area contributed by atoms with Crippen molar-refractivity contribution in [2.45, 2.75) is 83.4 Å². The van der Waals surface area contributed by atoms with Crippen LogP contribution in [0, 0.1) is 5.92 Å². The number of ether oxygens (including phenoxy) is 2. The Morgan fingerprint density at radius 2 is 1.63 bits per heavy atom. The molecule has 21 nitrogen and oxygen atoms in total. The number of nitrogens with one attached hydrogen (secondary N) is 5. The van der Waals surface area contributed by atoms with E-state index < -0.39 is 90.7 Å². The molecular weight excluding hydrogens is 774 g/mol. The standard InChI is InChI=1S/C38H47N9O12/c1-19(2)29(43-25(48)12-14-47-27(50)10-11-28(47)51)35(55)41-20(3)34(54)42-23-8-6-22(7-9-23)17-58-38(56)46(5)16-26(49)44-30-21(4)59-37(32(53)31(30)52)45-33-24-13-15-57-36(24)40-18-39-33/h6-11,13,15,18-21,29-32,37,52-53H,12,14,16-17H2,1-5H3,(H,41,55)(H,42,54)(H,43,48)(H,44,49)(H,39,40,45)/t20-,21-,29-,30-,31+,32+,37-/m0/s1. The number of fused-ring (bicyclic) bond motifs is 1. The third kappa shape index (κ3) is 11.1. The van der Waals surface area contributed by atoms with Crippen molar-refractivity contribution in [2.24, 2.45) is 5.92 Å². The van der Waals surface area contributed by atoms with E-state index in [-0.39, 0.29) is 25.5 Å². The molecule has 0 radical (unpaired) electrons. The fourth-order valence-electron chi connectivity index (χ4n) is 6.14. The molecule has 7 N–H and O–H groups in total. The van der Waals surface area contributed by atoms with Crippen LogP contribution in [0.2, 0.25) is 0 Å². The highest BCUT2D eigenvalue weighted by Crippen LogP contribution is 2.26. The first kappa shape index (κ1) is 43.7. The maximum absolute atomic E-state index is 13.0. The Hall–Kier alpha value is -6.45. The summed E-state index contributed by atoms with van der Waals surface area (Å²) in [6, 6.07) is 4.96. The predicted molar refractivity (Wildman–Crippen MR) is 206 cm³/mol. The lowest BCUT2D eigenvalue weighted by Gasteiger charge is -2.42. The van der Waals surface area contributed by atoms with E-state index in [0.717, 1.165) is 22.0 Å². The molecule has 4 heterocycles. The van der Waals surface area contributed by atoms with Crippen molar-refractivity contribution in [3.05, 3.63) is 60.6 Å². The largest absolute Gasteiger partial charge is 0.446 e. The highest BCUT2D eigenvalue weighted by molar-refractivity contribution is 6.13. The average molecular weight is 822 g/mol. The van der Waals surface area contributed by atoms with Crippen LogP contribution in [0.4, 0.5) is 16.3 Å². The van der Waals surface area contributed by atoms with Crippen LogP contribution < -0.4 is 26.6 Å². The topological polar surface area (TPSA) is 284 Å². The first-order valence-electron chi connectivity index (χ1n) is 18.7. The number of aliphatic hydroxyl groups excluding tert-OH is 2. The van der Waals surface area contributed by atoms with Gasteiger partial charge in [0.05, 0.1) is 23.8 Å². The molecule has 1 aromatic carbocycles. The number of rotatable bonds is 16. The Labute approximate surface area is 337 Å². The molecule has 3 aromatic rings. The van der Waals surface area contributed by atoms with E-state index >= 15 is 0 Å². The number of aliphatic hydroxyl groups is 2. The molecule has 316 valence electrons.